The van der Waals surface area contributed by atoms with E-state index in [1.807, 2.05) is 0 Å². The van der Waals surface area contributed by atoms with Gasteiger partial charge in [-0.2, -0.15) is 0 Å². The van der Waals surface area contributed by atoms with Gasteiger partial charge in [0.25, 0.3) is 5.91 Å². The Labute approximate surface area is 89.7 Å². The molecular weight excluding hydrogens is 216 g/mol. The van der Waals surface area contributed by atoms with Crippen LogP contribution in [-0.2, 0) is 0 Å². The first-order chi connectivity index (χ1) is 7.66. The molecule has 16 heavy (non-hydrogen) atoms. The van der Waals surface area contributed by atoms with Crippen LogP contribution in [0.25, 0.3) is 0 Å². The number of nitrogens with one attached hydrogen (secondary N) is 1. The molecular formula is C11H7F2NO2. The quantitative estimate of drug-likeness (QED) is 0.850. The SMILES string of the molecule is O=C(Nc1cc(F)ccc1F)c1ccco1. The number of amides is 1. The van der Waals surface area contributed by atoms with E-state index in [1.54, 1.807) is 0 Å². The van der Waals surface area contributed by atoms with Crippen LogP contribution in [0.4, 0.5) is 14.5 Å². The molecule has 2 aromatic rings. The highest BCUT2D eigenvalue weighted by atomic mass is 19.1. The van der Waals surface area contributed by atoms with Crippen LogP contribution >= 0.6 is 0 Å². The Bertz CT molecular complexity index is 509. The highest BCUT2D eigenvalue weighted by Crippen LogP contribution is 2.16. The lowest BCUT2D eigenvalue weighted by atomic mass is 10.3. The van der Waals surface area contributed by atoms with Crippen molar-refractivity contribution in [3.05, 3.63) is 54.0 Å². The van der Waals surface area contributed by atoms with E-state index < -0.39 is 17.5 Å². The van der Waals surface area contributed by atoms with E-state index >= 15 is 0 Å². The van der Waals surface area contributed by atoms with Crippen LogP contribution < -0.4 is 5.32 Å². The summed E-state index contributed by atoms with van der Waals surface area (Å²) in [7, 11) is 0. The van der Waals surface area contributed by atoms with Gasteiger partial charge in [0.05, 0.1) is 12.0 Å². The molecule has 2 rings (SSSR count). The third-order valence-electron chi connectivity index (χ3n) is 1.92. The van der Waals surface area contributed by atoms with Crippen LogP contribution in [0.2, 0.25) is 0 Å². The van der Waals surface area contributed by atoms with E-state index in [-0.39, 0.29) is 11.4 Å². The van der Waals surface area contributed by atoms with Gasteiger partial charge >= 0.3 is 0 Å². The summed E-state index contributed by atoms with van der Waals surface area (Å²) >= 11 is 0. The van der Waals surface area contributed by atoms with Gasteiger partial charge in [-0.15, -0.1) is 0 Å². The van der Waals surface area contributed by atoms with Crippen molar-refractivity contribution in [1.82, 2.24) is 0 Å². The molecule has 0 fully saturated rings. The number of carbonyl (C=O) groups excluding carboxylic acids is 1. The maximum absolute atomic E-state index is 13.2. The van der Waals surface area contributed by atoms with Crippen molar-refractivity contribution >= 4 is 11.6 Å². The monoisotopic (exact) mass is 223 g/mol. The predicted molar refractivity (Wildman–Crippen MR) is 53.0 cm³/mol. The summed E-state index contributed by atoms with van der Waals surface area (Å²) in [6.45, 7) is 0. The number of rotatable bonds is 2. The largest absolute Gasteiger partial charge is 0.459 e. The van der Waals surface area contributed by atoms with Crippen LogP contribution in [0.5, 0.6) is 0 Å². The molecule has 82 valence electrons. The second-order valence-electron chi connectivity index (χ2n) is 3.06. The summed E-state index contributed by atoms with van der Waals surface area (Å²) in [6.07, 6.45) is 1.32. The van der Waals surface area contributed by atoms with E-state index in [4.69, 9.17) is 4.42 Å². The van der Waals surface area contributed by atoms with E-state index in [2.05, 4.69) is 5.32 Å². The summed E-state index contributed by atoms with van der Waals surface area (Å²) in [5, 5.41) is 2.21. The van der Waals surface area contributed by atoms with Crippen LogP contribution in [0.1, 0.15) is 10.6 Å². The summed E-state index contributed by atoms with van der Waals surface area (Å²) in [5.41, 5.74) is -0.221. The fraction of sp³-hybridized carbons (Fsp3) is 0. The third-order valence-corrected chi connectivity index (χ3v) is 1.92. The molecule has 0 saturated carbocycles. The molecule has 0 aliphatic rings. The summed E-state index contributed by atoms with van der Waals surface area (Å²) in [6, 6.07) is 5.75. The Hall–Kier alpha value is -2.17. The average Bonchev–Trinajstić information content (AvgIpc) is 2.76. The Morgan fingerprint density at radius 3 is 2.75 bits per heavy atom. The molecule has 5 heteroatoms. The fourth-order valence-electron chi connectivity index (χ4n) is 1.18. The van der Waals surface area contributed by atoms with Crippen molar-refractivity contribution < 1.29 is 18.0 Å². The molecule has 0 radical (unpaired) electrons. The molecule has 0 aliphatic carbocycles. The second kappa shape index (κ2) is 4.14. The van der Waals surface area contributed by atoms with Crippen LogP contribution in [0.3, 0.4) is 0 Å². The number of anilines is 1. The Balaban J connectivity index is 2.21. The number of carbonyl (C=O) groups is 1. The predicted octanol–water partition coefficient (Wildman–Crippen LogP) is 2.81. The number of furan rings is 1. The van der Waals surface area contributed by atoms with Gasteiger partial charge < -0.3 is 9.73 Å². The van der Waals surface area contributed by atoms with Crippen LogP contribution in [0, 0.1) is 11.6 Å². The molecule has 1 N–H and O–H groups in total. The number of benzene rings is 1. The van der Waals surface area contributed by atoms with E-state index in [0.717, 1.165) is 18.2 Å². The zero-order valence-corrected chi connectivity index (χ0v) is 8.04. The topological polar surface area (TPSA) is 42.2 Å². The van der Waals surface area contributed by atoms with Gasteiger partial charge in [-0.05, 0) is 24.3 Å². The summed E-state index contributed by atoms with van der Waals surface area (Å²) in [4.78, 5) is 11.4. The number of halogens is 2. The van der Waals surface area contributed by atoms with Gasteiger partial charge in [-0.3, -0.25) is 4.79 Å². The summed E-state index contributed by atoms with van der Waals surface area (Å²) < 4.78 is 30.8. The summed E-state index contributed by atoms with van der Waals surface area (Å²) in [5.74, 6) is -1.93. The highest BCUT2D eigenvalue weighted by Gasteiger charge is 2.11. The third kappa shape index (κ3) is 2.08. The first-order valence-corrected chi connectivity index (χ1v) is 4.47. The first kappa shape index (κ1) is 10.4. The Morgan fingerprint density at radius 1 is 1.25 bits per heavy atom. The van der Waals surface area contributed by atoms with Gasteiger partial charge in [-0.25, -0.2) is 8.78 Å². The van der Waals surface area contributed by atoms with Gasteiger partial charge in [-0.1, -0.05) is 0 Å². The zero-order valence-electron chi connectivity index (χ0n) is 8.04. The number of hydrogen-bond acceptors (Lipinski definition) is 2. The van der Waals surface area contributed by atoms with Crippen molar-refractivity contribution in [3.8, 4) is 0 Å². The lowest BCUT2D eigenvalue weighted by Gasteiger charge is -2.04. The highest BCUT2D eigenvalue weighted by molar-refractivity contribution is 6.02. The first-order valence-electron chi connectivity index (χ1n) is 4.47. The second-order valence-corrected chi connectivity index (χ2v) is 3.06. The maximum Gasteiger partial charge on any atom is 0.291 e. The van der Waals surface area contributed by atoms with Crippen molar-refractivity contribution in [1.29, 1.82) is 0 Å². The average molecular weight is 223 g/mol. The fourth-order valence-corrected chi connectivity index (χ4v) is 1.18. The van der Waals surface area contributed by atoms with Gasteiger partial charge in [0.2, 0.25) is 0 Å². The maximum atomic E-state index is 13.2. The lowest BCUT2D eigenvalue weighted by Crippen LogP contribution is -2.12. The van der Waals surface area contributed by atoms with Gasteiger partial charge in [0.15, 0.2) is 5.76 Å². The molecule has 1 heterocycles. The molecule has 0 unspecified atom stereocenters. The van der Waals surface area contributed by atoms with Gasteiger partial charge in [0.1, 0.15) is 11.6 Å². The minimum absolute atomic E-state index is 0.0312. The molecule has 1 amide bonds. The molecule has 1 aromatic carbocycles. The minimum Gasteiger partial charge on any atom is -0.459 e. The molecule has 0 bridgehead atoms. The minimum atomic E-state index is -0.707. The van der Waals surface area contributed by atoms with E-state index in [9.17, 15) is 13.6 Å². The van der Waals surface area contributed by atoms with Crippen LogP contribution in [-0.4, -0.2) is 5.91 Å². The van der Waals surface area contributed by atoms with Gasteiger partial charge in [0, 0.05) is 6.07 Å². The standard InChI is InChI=1S/C11H7F2NO2/c12-7-3-4-8(13)9(6-7)14-11(15)10-2-1-5-16-10/h1-6H,(H,14,15). The lowest BCUT2D eigenvalue weighted by molar-refractivity contribution is 0.0996. The Kier molecular flexibility index (Phi) is 2.68. The normalized spacial score (nSPS) is 10.1. The van der Waals surface area contributed by atoms with Crippen molar-refractivity contribution in [3.63, 3.8) is 0 Å². The van der Waals surface area contributed by atoms with Crippen molar-refractivity contribution in [2.75, 3.05) is 5.32 Å². The molecule has 0 aliphatic heterocycles. The molecule has 0 spiro atoms. The molecule has 0 atom stereocenters. The van der Waals surface area contributed by atoms with Crippen LogP contribution in [0.15, 0.2) is 41.0 Å². The van der Waals surface area contributed by atoms with Crippen molar-refractivity contribution in [2.45, 2.75) is 0 Å². The molecule has 0 saturated heterocycles. The van der Waals surface area contributed by atoms with Crippen molar-refractivity contribution in [2.24, 2.45) is 0 Å². The smallest absolute Gasteiger partial charge is 0.291 e. The zero-order chi connectivity index (χ0) is 11.5. The molecule has 1 aromatic heterocycles. The van der Waals surface area contributed by atoms with E-state index in [1.165, 1.54) is 18.4 Å². The number of hydrogen-bond donors (Lipinski definition) is 1. The Morgan fingerprint density at radius 2 is 2.06 bits per heavy atom. The molecule has 3 nitrogen and oxygen atoms in total. The van der Waals surface area contributed by atoms with E-state index in [0.29, 0.717) is 0 Å².